The number of benzene rings is 2. The van der Waals surface area contributed by atoms with E-state index in [4.69, 9.17) is 4.74 Å². The summed E-state index contributed by atoms with van der Waals surface area (Å²) in [6.45, 7) is 0. The van der Waals surface area contributed by atoms with Gasteiger partial charge in [0.05, 0.1) is 5.92 Å². The maximum atomic E-state index is 14.7. The van der Waals surface area contributed by atoms with Crippen LogP contribution < -0.4 is 9.47 Å². The predicted molar refractivity (Wildman–Crippen MR) is 126 cm³/mol. The highest BCUT2D eigenvalue weighted by Gasteiger charge is 2.44. The fourth-order valence-electron chi connectivity index (χ4n) is 5.35. The van der Waals surface area contributed by atoms with Crippen LogP contribution in [0.3, 0.4) is 0 Å². The molecule has 2 aromatic rings. The highest BCUT2D eigenvalue weighted by Crippen LogP contribution is 2.42. The van der Waals surface area contributed by atoms with Crippen LogP contribution in [0.5, 0.6) is 17.2 Å². The average molecular weight is 529 g/mol. The van der Waals surface area contributed by atoms with Gasteiger partial charge in [-0.3, -0.25) is 0 Å². The standard InChI is InChI=1S/C28H30F6O3/c29-25-17-24(15-16-26(25)37-28(32,33)34)36-27(30,31)22-11-5-19(6-12-22)2-1-18-3-7-20(8-4-18)21-9-13-23(35)14-10-21/h1-2,9-10,13-20,22,35H,3-8,11-12H2/b2-1+. The van der Waals surface area contributed by atoms with Gasteiger partial charge in [-0.25, -0.2) is 4.39 Å². The minimum Gasteiger partial charge on any atom is -0.508 e. The molecule has 2 fully saturated rings. The van der Waals surface area contributed by atoms with E-state index in [0.717, 1.165) is 31.7 Å². The van der Waals surface area contributed by atoms with Gasteiger partial charge < -0.3 is 14.6 Å². The zero-order chi connectivity index (χ0) is 26.6. The van der Waals surface area contributed by atoms with E-state index in [1.54, 1.807) is 12.1 Å². The van der Waals surface area contributed by atoms with Gasteiger partial charge in [-0.15, -0.1) is 13.2 Å². The lowest BCUT2D eigenvalue weighted by Gasteiger charge is -2.32. The van der Waals surface area contributed by atoms with Gasteiger partial charge in [0.1, 0.15) is 11.5 Å². The van der Waals surface area contributed by atoms with E-state index in [2.05, 4.69) is 16.9 Å². The molecule has 1 N–H and O–H groups in total. The molecule has 9 heteroatoms. The summed E-state index contributed by atoms with van der Waals surface area (Å²) in [6, 6.07) is 9.31. The van der Waals surface area contributed by atoms with E-state index in [1.165, 1.54) is 5.56 Å². The van der Waals surface area contributed by atoms with Crippen molar-refractivity contribution in [2.24, 2.45) is 17.8 Å². The van der Waals surface area contributed by atoms with Crippen molar-refractivity contribution < 1.29 is 40.9 Å². The number of halogens is 6. The molecule has 0 atom stereocenters. The van der Waals surface area contributed by atoms with Gasteiger partial charge in [-0.2, -0.15) is 8.78 Å². The Labute approximate surface area is 212 Å². The van der Waals surface area contributed by atoms with Gasteiger partial charge in [-0.05, 0) is 98.9 Å². The molecule has 2 saturated carbocycles. The lowest BCUT2D eigenvalue weighted by atomic mass is 9.77. The molecule has 2 aliphatic rings. The summed E-state index contributed by atoms with van der Waals surface area (Å²) < 4.78 is 88.3. The van der Waals surface area contributed by atoms with E-state index < -0.39 is 35.7 Å². The first-order valence-electron chi connectivity index (χ1n) is 12.6. The van der Waals surface area contributed by atoms with Crippen molar-refractivity contribution in [3.63, 3.8) is 0 Å². The zero-order valence-corrected chi connectivity index (χ0v) is 20.2. The van der Waals surface area contributed by atoms with Crippen LogP contribution in [0.2, 0.25) is 0 Å². The Morgan fingerprint density at radius 3 is 1.84 bits per heavy atom. The van der Waals surface area contributed by atoms with Crippen LogP contribution in [0, 0.1) is 23.6 Å². The molecule has 37 heavy (non-hydrogen) atoms. The first-order valence-corrected chi connectivity index (χ1v) is 12.6. The summed E-state index contributed by atoms with van der Waals surface area (Å²) in [6.07, 6.45) is 1.59. The average Bonchev–Trinajstić information content (AvgIpc) is 2.85. The Kier molecular flexibility index (Phi) is 8.29. The minimum atomic E-state index is -5.09. The Balaban J connectivity index is 1.23. The van der Waals surface area contributed by atoms with Crippen LogP contribution in [-0.2, 0) is 0 Å². The van der Waals surface area contributed by atoms with E-state index in [0.29, 0.717) is 36.8 Å². The van der Waals surface area contributed by atoms with Crippen LogP contribution in [-0.4, -0.2) is 17.6 Å². The number of phenols is 1. The molecule has 0 saturated heterocycles. The summed E-state index contributed by atoms with van der Waals surface area (Å²) in [5, 5.41) is 9.46. The molecule has 0 aromatic heterocycles. The van der Waals surface area contributed by atoms with Gasteiger partial charge in [0, 0.05) is 6.07 Å². The van der Waals surface area contributed by atoms with Gasteiger partial charge in [0.2, 0.25) is 0 Å². The Hall–Kier alpha value is -2.84. The van der Waals surface area contributed by atoms with E-state index in [1.807, 2.05) is 12.1 Å². The second-order valence-electron chi connectivity index (χ2n) is 10.0. The van der Waals surface area contributed by atoms with Crippen molar-refractivity contribution >= 4 is 0 Å². The zero-order valence-electron chi connectivity index (χ0n) is 20.2. The normalized spacial score (nSPS) is 25.2. The lowest BCUT2D eigenvalue weighted by Crippen LogP contribution is -2.37. The van der Waals surface area contributed by atoms with Gasteiger partial charge in [0.25, 0.3) is 0 Å². The fraction of sp³-hybridized carbons (Fsp3) is 0.500. The number of phenolic OH excluding ortho intramolecular Hbond substituents is 1. The van der Waals surface area contributed by atoms with Crippen molar-refractivity contribution in [1.82, 2.24) is 0 Å². The summed E-state index contributed by atoms with van der Waals surface area (Å²) in [4.78, 5) is 0. The Morgan fingerprint density at radius 1 is 0.730 bits per heavy atom. The molecule has 0 spiro atoms. The smallest absolute Gasteiger partial charge is 0.508 e. The van der Waals surface area contributed by atoms with Gasteiger partial charge >= 0.3 is 12.5 Å². The molecule has 0 aliphatic heterocycles. The first kappa shape index (κ1) is 27.2. The quantitative estimate of drug-likeness (QED) is 0.289. The number of rotatable bonds is 7. The molecule has 0 amide bonds. The molecule has 2 aliphatic carbocycles. The fourth-order valence-corrected chi connectivity index (χ4v) is 5.35. The molecule has 0 radical (unpaired) electrons. The van der Waals surface area contributed by atoms with Crippen LogP contribution in [0.1, 0.15) is 62.8 Å². The number of aromatic hydroxyl groups is 1. The second kappa shape index (κ2) is 11.3. The second-order valence-corrected chi connectivity index (χ2v) is 10.0. The lowest BCUT2D eigenvalue weighted by molar-refractivity contribution is -0.275. The molecular weight excluding hydrogens is 498 g/mol. The molecule has 2 aromatic carbocycles. The van der Waals surface area contributed by atoms with E-state index in [-0.39, 0.29) is 24.5 Å². The molecule has 0 unspecified atom stereocenters. The van der Waals surface area contributed by atoms with E-state index >= 15 is 0 Å². The third-order valence-corrected chi connectivity index (χ3v) is 7.42. The van der Waals surface area contributed by atoms with E-state index in [9.17, 15) is 31.4 Å². The van der Waals surface area contributed by atoms with Crippen molar-refractivity contribution in [3.05, 3.63) is 66.0 Å². The van der Waals surface area contributed by atoms with Crippen molar-refractivity contribution in [1.29, 1.82) is 0 Å². The Morgan fingerprint density at radius 2 is 1.30 bits per heavy atom. The molecule has 0 bridgehead atoms. The minimum absolute atomic E-state index is 0.207. The molecule has 4 rings (SSSR count). The summed E-state index contributed by atoms with van der Waals surface area (Å²) in [7, 11) is 0. The highest BCUT2D eigenvalue weighted by molar-refractivity contribution is 5.33. The summed E-state index contributed by atoms with van der Waals surface area (Å²) >= 11 is 0. The van der Waals surface area contributed by atoms with Crippen molar-refractivity contribution in [3.8, 4) is 17.2 Å². The maximum absolute atomic E-state index is 14.7. The topological polar surface area (TPSA) is 38.7 Å². The van der Waals surface area contributed by atoms with Crippen LogP contribution in [0.15, 0.2) is 54.6 Å². The molecule has 0 heterocycles. The third kappa shape index (κ3) is 7.58. The summed E-state index contributed by atoms with van der Waals surface area (Å²) in [5.41, 5.74) is 1.25. The van der Waals surface area contributed by atoms with Gasteiger partial charge in [-0.1, -0.05) is 24.3 Å². The van der Waals surface area contributed by atoms with Crippen molar-refractivity contribution in [2.45, 2.75) is 69.8 Å². The van der Waals surface area contributed by atoms with Crippen LogP contribution in [0.4, 0.5) is 26.3 Å². The number of allylic oxidation sites excluding steroid dienone is 2. The largest absolute Gasteiger partial charge is 0.573 e. The number of hydrogen-bond donors (Lipinski definition) is 1. The third-order valence-electron chi connectivity index (χ3n) is 7.42. The summed E-state index contributed by atoms with van der Waals surface area (Å²) in [5.74, 6) is -2.73. The van der Waals surface area contributed by atoms with Crippen molar-refractivity contribution in [2.75, 3.05) is 0 Å². The number of alkyl halides is 5. The monoisotopic (exact) mass is 528 g/mol. The molecule has 202 valence electrons. The van der Waals surface area contributed by atoms with Crippen LogP contribution >= 0.6 is 0 Å². The highest BCUT2D eigenvalue weighted by atomic mass is 19.4. The van der Waals surface area contributed by atoms with Gasteiger partial charge in [0.15, 0.2) is 11.6 Å². The van der Waals surface area contributed by atoms with Crippen LogP contribution in [0.25, 0.3) is 0 Å². The number of ether oxygens (including phenoxy) is 2. The first-order chi connectivity index (χ1) is 17.5. The Bertz CT molecular complexity index is 1050. The molecular formula is C28H30F6O3. The maximum Gasteiger partial charge on any atom is 0.573 e. The predicted octanol–water partition coefficient (Wildman–Crippen LogP) is 8.74. The SMILES string of the molecule is Oc1ccc(C2CCC(/C=C/C3CCC(C(F)(F)Oc4ccc(OC(F)(F)F)c(F)c4)CC3)CC2)cc1. The number of hydrogen-bond acceptors (Lipinski definition) is 3. The molecule has 3 nitrogen and oxygen atoms in total.